The number of hydrogen-bond acceptors (Lipinski definition) is 4. The van der Waals surface area contributed by atoms with Crippen LogP contribution in [0.2, 0.25) is 0 Å². The van der Waals surface area contributed by atoms with Gasteiger partial charge in [-0.2, -0.15) is 17.5 Å². The van der Waals surface area contributed by atoms with E-state index in [0.29, 0.717) is 25.2 Å². The smallest absolute Gasteiger partial charge is 0.355 e. The van der Waals surface area contributed by atoms with Crippen LogP contribution in [0.15, 0.2) is 54.7 Å². The molecular formula is C23H22F3N3O2S. The van der Waals surface area contributed by atoms with Crippen molar-refractivity contribution in [3.63, 3.8) is 0 Å². The number of hydrogen-bond donors (Lipinski definition) is 1. The molecule has 0 amide bonds. The van der Waals surface area contributed by atoms with Crippen molar-refractivity contribution in [2.45, 2.75) is 26.1 Å². The van der Waals surface area contributed by atoms with Gasteiger partial charge in [0.15, 0.2) is 0 Å². The molecule has 0 saturated heterocycles. The lowest BCUT2D eigenvalue weighted by atomic mass is 9.98. The largest absolute Gasteiger partial charge is 0.417 e. The molecule has 0 atom stereocenters. The highest BCUT2D eigenvalue weighted by molar-refractivity contribution is 7.88. The van der Waals surface area contributed by atoms with Crippen LogP contribution in [0, 0.1) is 6.92 Å². The molecule has 1 aromatic heterocycles. The van der Waals surface area contributed by atoms with Crippen molar-refractivity contribution in [3.05, 3.63) is 77.0 Å². The average molecular weight is 462 g/mol. The first-order valence-corrected chi connectivity index (χ1v) is 11.8. The van der Waals surface area contributed by atoms with Crippen molar-refractivity contribution in [1.82, 2.24) is 9.29 Å². The summed E-state index contributed by atoms with van der Waals surface area (Å²) in [6, 6.07) is 13.8. The lowest BCUT2D eigenvalue weighted by Crippen LogP contribution is -2.35. The topological polar surface area (TPSA) is 62.3 Å². The predicted octanol–water partition coefficient (Wildman–Crippen LogP) is 5.14. The first kappa shape index (κ1) is 22.3. The number of aryl methyl sites for hydroxylation is 1. The predicted molar refractivity (Wildman–Crippen MR) is 118 cm³/mol. The van der Waals surface area contributed by atoms with E-state index in [1.54, 1.807) is 0 Å². The van der Waals surface area contributed by atoms with E-state index in [9.17, 15) is 21.6 Å². The van der Waals surface area contributed by atoms with E-state index in [0.717, 1.165) is 45.9 Å². The summed E-state index contributed by atoms with van der Waals surface area (Å²) in [6.45, 7) is 2.63. The van der Waals surface area contributed by atoms with Crippen LogP contribution in [-0.2, 0) is 29.2 Å². The quantitative estimate of drug-likeness (QED) is 0.585. The van der Waals surface area contributed by atoms with Crippen LogP contribution in [0.1, 0.15) is 22.3 Å². The Hall–Kier alpha value is -2.91. The van der Waals surface area contributed by atoms with Gasteiger partial charge in [0.1, 0.15) is 0 Å². The minimum absolute atomic E-state index is 0.332. The number of fused-ring (bicyclic) bond motifs is 1. The molecule has 0 unspecified atom stereocenters. The number of anilines is 2. The molecule has 0 spiro atoms. The number of nitrogens with zero attached hydrogens (tertiary/aromatic N) is 2. The van der Waals surface area contributed by atoms with E-state index in [2.05, 4.69) is 10.3 Å². The summed E-state index contributed by atoms with van der Waals surface area (Å²) in [5.74, 6) is 0. The number of sulfonamides is 1. The fourth-order valence-electron chi connectivity index (χ4n) is 3.84. The number of rotatable bonds is 4. The first-order valence-electron chi connectivity index (χ1n) is 9.99. The van der Waals surface area contributed by atoms with Gasteiger partial charge in [0.2, 0.25) is 10.0 Å². The Kier molecular flexibility index (Phi) is 5.72. The van der Waals surface area contributed by atoms with Crippen molar-refractivity contribution < 1.29 is 21.6 Å². The Morgan fingerprint density at radius 1 is 1.09 bits per heavy atom. The fourth-order valence-corrected chi connectivity index (χ4v) is 4.63. The molecule has 5 nitrogen and oxygen atoms in total. The first-order chi connectivity index (χ1) is 15.0. The number of benzene rings is 2. The van der Waals surface area contributed by atoms with Gasteiger partial charge < -0.3 is 5.32 Å². The van der Waals surface area contributed by atoms with Gasteiger partial charge in [0.05, 0.1) is 17.5 Å². The number of alkyl halides is 3. The molecule has 2 heterocycles. The van der Waals surface area contributed by atoms with Crippen LogP contribution in [-0.4, -0.2) is 30.5 Å². The summed E-state index contributed by atoms with van der Waals surface area (Å²) < 4.78 is 63.8. The average Bonchev–Trinajstić information content (AvgIpc) is 2.74. The third kappa shape index (κ3) is 4.63. The van der Waals surface area contributed by atoms with Gasteiger partial charge in [-0.3, -0.25) is 4.98 Å². The Labute approximate surface area is 185 Å². The normalized spacial score (nSPS) is 14.8. The molecular weight excluding hydrogens is 439 g/mol. The van der Waals surface area contributed by atoms with E-state index in [1.165, 1.54) is 16.6 Å². The molecule has 32 heavy (non-hydrogen) atoms. The number of pyridine rings is 1. The maximum absolute atomic E-state index is 12.8. The van der Waals surface area contributed by atoms with Gasteiger partial charge in [-0.15, -0.1) is 0 Å². The van der Waals surface area contributed by atoms with E-state index in [1.807, 2.05) is 43.3 Å². The van der Waals surface area contributed by atoms with E-state index >= 15 is 0 Å². The lowest BCUT2D eigenvalue weighted by Gasteiger charge is -2.28. The second kappa shape index (κ2) is 8.22. The van der Waals surface area contributed by atoms with Gasteiger partial charge in [-0.05, 0) is 60.4 Å². The minimum atomic E-state index is -4.43. The van der Waals surface area contributed by atoms with E-state index in [4.69, 9.17) is 0 Å². The zero-order valence-electron chi connectivity index (χ0n) is 17.6. The highest BCUT2D eigenvalue weighted by Gasteiger charge is 2.30. The number of nitrogens with one attached hydrogen (secondary N) is 1. The van der Waals surface area contributed by atoms with Crippen LogP contribution in [0.3, 0.4) is 0 Å². The molecule has 0 fully saturated rings. The zero-order chi connectivity index (χ0) is 23.1. The lowest BCUT2D eigenvalue weighted by molar-refractivity contribution is -0.137. The summed E-state index contributed by atoms with van der Waals surface area (Å²) in [4.78, 5) is 4.02. The molecule has 0 bridgehead atoms. The summed E-state index contributed by atoms with van der Waals surface area (Å²) in [6.07, 6.45) is -1.78. The molecule has 1 N–H and O–H groups in total. The van der Waals surface area contributed by atoms with Crippen LogP contribution >= 0.6 is 0 Å². The molecule has 3 aromatic rings. The molecule has 0 aliphatic carbocycles. The van der Waals surface area contributed by atoms with Crippen LogP contribution < -0.4 is 5.32 Å². The maximum Gasteiger partial charge on any atom is 0.417 e. The monoisotopic (exact) mass is 461 g/mol. The second-order valence-electron chi connectivity index (χ2n) is 7.87. The van der Waals surface area contributed by atoms with Crippen molar-refractivity contribution in [3.8, 4) is 11.3 Å². The highest BCUT2D eigenvalue weighted by Crippen LogP contribution is 2.33. The molecule has 4 rings (SSSR count). The minimum Gasteiger partial charge on any atom is -0.355 e. The maximum atomic E-state index is 12.8. The molecule has 0 saturated carbocycles. The Balaban J connectivity index is 1.62. The Morgan fingerprint density at radius 3 is 2.53 bits per heavy atom. The van der Waals surface area contributed by atoms with Crippen LogP contribution in [0.4, 0.5) is 24.5 Å². The number of aromatic nitrogens is 1. The summed E-state index contributed by atoms with van der Waals surface area (Å²) in [7, 11) is -3.26. The highest BCUT2D eigenvalue weighted by atomic mass is 32.2. The molecule has 1 aliphatic heterocycles. The van der Waals surface area contributed by atoms with Gasteiger partial charge in [-0.25, -0.2) is 8.42 Å². The van der Waals surface area contributed by atoms with Crippen LogP contribution in [0.25, 0.3) is 11.3 Å². The summed E-state index contributed by atoms with van der Waals surface area (Å²) in [5.41, 5.74) is 4.95. The fraction of sp³-hybridized carbons (Fsp3) is 0.261. The molecule has 1 aliphatic rings. The third-order valence-corrected chi connectivity index (χ3v) is 6.83. The van der Waals surface area contributed by atoms with Crippen molar-refractivity contribution >= 4 is 21.4 Å². The van der Waals surface area contributed by atoms with Gasteiger partial charge in [0, 0.05) is 36.2 Å². The van der Waals surface area contributed by atoms with Crippen molar-refractivity contribution in [1.29, 1.82) is 0 Å². The SMILES string of the molecule is Cc1ccc(Nc2cccc3c2CCN(S(C)(=O)=O)C3)cc1-c1ccc(C(F)(F)F)cn1. The van der Waals surface area contributed by atoms with Crippen LogP contribution in [0.5, 0.6) is 0 Å². The second-order valence-corrected chi connectivity index (χ2v) is 9.86. The van der Waals surface area contributed by atoms with Gasteiger partial charge in [0.25, 0.3) is 0 Å². The zero-order valence-corrected chi connectivity index (χ0v) is 18.4. The standard InChI is InChI=1S/C23H22F3N3O2S/c1-15-6-8-18(12-20(15)21-9-7-17(13-27-21)23(24,25)26)28-22-5-3-4-16-14-29(32(2,30)31)11-10-19(16)22/h3-9,12-13,28H,10-11,14H2,1-2H3. The van der Waals surface area contributed by atoms with Gasteiger partial charge >= 0.3 is 6.18 Å². The van der Waals surface area contributed by atoms with E-state index in [-0.39, 0.29) is 0 Å². The molecule has 9 heteroatoms. The Morgan fingerprint density at radius 2 is 1.88 bits per heavy atom. The van der Waals surface area contributed by atoms with Crippen molar-refractivity contribution in [2.24, 2.45) is 0 Å². The third-order valence-electron chi connectivity index (χ3n) is 5.58. The van der Waals surface area contributed by atoms with Crippen molar-refractivity contribution in [2.75, 3.05) is 18.1 Å². The Bertz CT molecular complexity index is 1260. The van der Waals surface area contributed by atoms with E-state index < -0.39 is 21.8 Å². The molecule has 2 aromatic carbocycles. The van der Waals surface area contributed by atoms with Gasteiger partial charge in [-0.1, -0.05) is 18.2 Å². The summed E-state index contributed by atoms with van der Waals surface area (Å²) in [5, 5.41) is 3.38. The number of halogens is 3. The molecule has 0 radical (unpaired) electrons. The summed E-state index contributed by atoms with van der Waals surface area (Å²) >= 11 is 0. The molecule has 168 valence electrons.